The van der Waals surface area contributed by atoms with Gasteiger partial charge in [0.15, 0.2) is 0 Å². The summed E-state index contributed by atoms with van der Waals surface area (Å²) in [4.78, 5) is 14.1. The third-order valence-electron chi connectivity index (χ3n) is 4.13. The van der Waals surface area contributed by atoms with Crippen LogP contribution in [-0.4, -0.2) is 23.9 Å². The van der Waals surface area contributed by atoms with Crippen LogP contribution in [0.5, 0.6) is 0 Å². The van der Waals surface area contributed by atoms with Crippen molar-refractivity contribution in [3.05, 3.63) is 29.8 Å². The van der Waals surface area contributed by atoms with Crippen molar-refractivity contribution in [1.29, 1.82) is 0 Å². The lowest BCUT2D eigenvalue weighted by Crippen LogP contribution is -2.32. The first-order chi connectivity index (χ1) is 8.98. The molecule has 0 bridgehead atoms. The Balaban J connectivity index is 1.95. The summed E-state index contributed by atoms with van der Waals surface area (Å²) in [5, 5.41) is 0. The number of rotatable bonds is 3. The van der Waals surface area contributed by atoms with Gasteiger partial charge in [0.2, 0.25) is 5.91 Å². The Bertz CT molecular complexity index is 454. The number of nitrogen functional groups attached to an aromatic ring is 1. The summed E-state index contributed by atoms with van der Waals surface area (Å²) < 4.78 is 0. The molecule has 104 valence electrons. The highest BCUT2D eigenvalue weighted by atomic mass is 16.2. The van der Waals surface area contributed by atoms with E-state index in [0.717, 1.165) is 43.6 Å². The summed E-state index contributed by atoms with van der Waals surface area (Å²) >= 11 is 0. The van der Waals surface area contributed by atoms with Crippen LogP contribution in [0.15, 0.2) is 24.3 Å². The molecule has 0 spiro atoms. The van der Waals surface area contributed by atoms with Crippen molar-refractivity contribution in [3.8, 4) is 0 Å². The molecule has 0 atom stereocenters. The van der Waals surface area contributed by atoms with Crippen molar-refractivity contribution in [3.63, 3.8) is 0 Å². The van der Waals surface area contributed by atoms with Gasteiger partial charge < -0.3 is 10.6 Å². The molecule has 1 aromatic rings. The van der Waals surface area contributed by atoms with Crippen molar-refractivity contribution in [2.75, 3.05) is 18.8 Å². The van der Waals surface area contributed by atoms with Gasteiger partial charge in [0.25, 0.3) is 0 Å². The van der Waals surface area contributed by atoms with E-state index in [0.29, 0.717) is 12.3 Å². The molecule has 1 aromatic carbocycles. The first-order valence-electron chi connectivity index (χ1n) is 7.09. The van der Waals surface area contributed by atoms with Crippen molar-refractivity contribution in [2.45, 2.75) is 39.5 Å². The van der Waals surface area contributed by atoms with Crippen molar-refractivity contribution in [2.24, 2.45) is 5.41 Å². The normalized spacial score (nSPS) is 19.3. The zero-order valence-corrected chi connectivity index (χ0v) is 12.0. The van der Waals surface area contributed by atoms with E-state index in [-0.39, 0.29) is 5.41 Å². The van der Waals surface area contributed by atoms with Gasteiger partial charge in [0.1, 0.15) is 0 Å². The lowest BCUT2D eigenvalue weighted by Gasteiger charge is -2.23. The monoisotopic (exact) mass is 260 g/mol. The zero-order chi connectivity index (χ0) is 13.9. The quantitative estimate of drug-likeness (QED) is 0.849. The summed E-state index contributed by atoms with van der Waals surface area (Å²) in [5.74, 6) is 0.292. The Morgan fingerprint density at radius 1 is 1.26 bits per heavy atom. The summed E-state index contributed by atoms with van der Waals surface area (Å²) in [7, 11) is 0. The van der Waals surface area contributed by atoms with Gasteiger partial charge in [-0.05, 0) is 36.3 Å². The number of amides is 1. The number of hydrogen-bond acceptors (Lipinski definition) is 2. The van der Waals surface area contributed by atoms with Gasteiger partial charge >= 0.3 is 0 Å². The molecule has 1 saturated heterocycles. The van der Waals surface area contributed by atoms with Gasteiger partial charge in [-0.1, -0.05) is 32.0 Å². The average molecular weight is 260 g/mol. The number of carbonyl (C=O) groups excluding carboxylic acids is 1. The SMILES string of the molecule is CC1(C)CCC(=O)N(CCc2ccccc2N)CC1. The van der Waals surface area contributed by atoms with Crippen LogP contribution in [0.4, 0.5) is 5.69 Å². The van der Waals surface area contributed by atoms with E-state index in [2.05, 4.69) is 13.8 Å². The van der Waals surface area contributed by atoms with Crippen LogP contribution in [0.25, 0.3) is 0 Å². The number of nitrogens with zero attached hydrogens (tertiary/aromatic N) is 1. The zero-order valence-electron chi connectivity index (χ0n) is 12.0. The number of hydrogen-bond donors (Lipinski definition) is 1. The molecule has 0 unspecified atom stereocenters. The van der Waals surface area contributed by atoms with Crippen LogP contribution in [0.3, 0.4) is 0 Å². The standard InChI is InChI=1S/C16H24N2O/c1-16(2)9-7-15(19)18(12-10-16)11-8-13-5-3-4-6-14(13)17/h3-6H,7-12,17H2,1-2H3. The van der Waals surface area contributed by atoms with E-state index >= 15 is 0 Å². The Morgan fingerprint density at radius 3 is 2.74 bits per heavy atom. The molecule has 3 nitrogen and oxygen atoms in total. The summed E-state index contributed by atoms with van der Waals surface area (Å²) in [6.45, 7) is 6.15. The molecule has 3 heteroatoms. The summed E-state index contributed by atoms with van der Waals surface area (Å²) in [5.41, 5.74) is 8.19. The first kappa shape index (κ1) is 13.9. The van der Waals surface area contributed by atoms with Gasteiger partial charge in [-0.2, -0.15) is 0 Å². The maximum atomic E-state index is 12.1. The molecule has 0 saturated carbocycles. The molecule has 1 aliphatic rings. The van der Waals surface area contributed by atoms with E-state index in [1.807, 2.05) is 29.2 Å². The first-order valence-corrected chi connectivity index (χ1v) is 7.09. The number of anilines is 1. The molecule has 1 aliphatic heterocycles. The van der Waals surface area contributed by atoms with E-state index in [9.17, 15) is 4.79 Å². The molecule has 1 fully saturated rings. The molecular formula is C16H24N2O. The van der Waals surface area contributed by atoms with Gasteiger partial charge in [-0.3, -0.25) is 4.79 Å². The predicted molar refractivity (Wildman–Crippen MR) is 78.8 cm³/mol. The molecule has 1 heterocycles. The number of likely N-dealkylation sites (tertiary alicyclic amines) is 1. The maximum Gasteiger partial charge on any atom is 0.222 e. The van der Waals surface area contributed by atoms with Crippen LogP contribution in [-0.2, 0) is 11.2 Å². The van der Waals surface area contributed by atoms with Crippen LogP contribution in [0.1, 0.15) is 38.7 Å². The largest absolute Gasteiger partial charge is 0.399 e. The summed E-state index contributed by atoms with van der Waals surface area (Å²) in [6.07, 6.45) is 3.61. The fraction of sp³-hybridized carbons (Fsp3) is 0.562. The highest BCUT2D eigenvalue weighted by Crippen LogP contribution is 2.30. The fourth-order valence-electron chi connectivity index (χ4n) is 2.54. The molecular weight excluding hydrogens is 236 g/mol. The molecule has 0 aliphatic carbocycles. The smallest absolute Gasteiger partial charge is 0.222 e. The topological polar surface area (TPSA) is 46.3 Å². The van der Waals surface area contributed by atoms with Crippen molar-refractivity contribution < 1.29 is 4.79 Å². The summed E-state index contributed by atoms with van der Waals surface area (Å²) in [6, 6.07) is 7.90. The third kappa shape index (κ3) is 3.72. The maximum absolute atomic E-state index is 12.1. The minimum atomic E-state index is 0.288. The Kier molecular flexibility index (Phi) is 4.13. The average Bonchev–Trinajstić information content (AvgIpc) is 2.50. The lowest BCUT2D eigenvalue weighted by molar-refractivity contribution is -0.130. The van der Waals surface area contributed by atoms with Gasteiger partial charge in [0, 0.05) is 25.2 Å². The predicted octanol–water partition coefficient (Wildman–Crippen LogP) is 2.85. The number of nitrogens with two attached hydrogens (primary N) is 1. The van der Waals surface area contributed by atoms with E-state index in [1.165, 1.54) is 0 Å². The molecule has 2 rings (SSSR count). The van der Waals surface area contributed by atoms with Crippen LogP contribution in [0, 0.1) is 5.41 Å². The second-order valence-electron chi connectivity index (χ2n) is 6.24. The highest BCUT2D eigenvalue weighted by molar-refractivity contribution is 5.76. The number of benzene rings is 1. The van der Waals surface area contributed by atoms with Gasteiger partial charge in [-0.25, -0.2) is 0 Å². The van der Waals surface area contributed by atoms with Crippen molar-refractivity contribution >= 4 is 11.6 Å². The molecule has 0 aromatic heterocycles. The van der Waals surface area contributed by atoms with E-state index < -0.39 is 0 Å². The van der Waals surface area contributed by atoms with Gasteiger partial charge in [0.05, 0.1) is 0 Å². The Hall–Kier alpha value is -1.51. The minimum absolute atomic E-state index is 0.288. The Morgan fingerprint density at radius 2 is 2.00 bits per heavy atom. The van der Waals surface area contributed by atoms with Gasteiger partial charge in [-0.15, -0.1) is 0 Å². The van der Waals surface area contributed by atoms with Crippen LogP contribution in [0.2, 0.25) is 0 Å². The molecule has 1 amide bonds. The van der Waals surface area contributed by atoms with E-state index in [4.69, 9.17) is 5.73 Å². The molecule has 2 N–H and O–H groups in total. The fourth-order valence-corrected chi connectivity index (χ4v) is 2.54. The second kappa shape index (κ2) is 5.64. The molecule has 19 heavy (non-hydrogen) atoms. The highest BCUT2D eigenvalue weighted by Gasteiger charge is 2.27. The van der Waals surface area contributed by atoms with Crippen LogP contribution >= 0.6 is 0 Å². The number of para-hydroxylation sites is 1. The van der Waals surface area contributed by atoms with E-state index in [1.54, 1.807) is 0 Å². The van der Waals surface area contributed by atoms with Crippen LogP contribution < -0.4 is 5.73 Å². The second-order valence-corrected chi connectivity index (χ2v) is 6.24. The molecule has 0 radical (unpaired) electrons. The van der Waals surface area contributed by atoms with Crippen molar-refractivity contribution in [1.82, 2.24) is 4.90 Å². The Labute approximate surface area is 115 Å². The number of carbonyl (C=O) groups is 1. The third-order valence-corrected chi connectivity index (χ3v) is 4.13. The minimum Gasteiger partial charge on any atom is -0.399 e. The lowest BCUT2D eigenvalue weighted by atomic mass is 9.85.